The first-order valence-corrected chi connectivity index (χ1v) is 9.98. The van der Waals surface area contributed by atoms with E-state index in [-0.39, 0.29) is 17.0 Å². The first kappa shape index (κ1) is 20.9. The molecule has 2 aliphatic rings. The Morgan fingerprint density at radius 1 is 1.00 bits per heavy atom. The number of benzene rings is 2. The van der Waals surface area contributed by atoms with Crippen molar-refractivity contribution in [1.29, 1.82) is 0 Å². The minimum absolute atomic E-state index is 0. The maximum absolute atomic E-state index is 11.8. The third-order valence-corrected chi connectivity index (χ3v) is 6.12. The summed E-state index contributed by atoms with van der Waals surface area (Å²) < 4.78 is 12.7. The molecule has 28 heavy (non-hydrogen) atoms. The molecular formula is C21H23BrN2O3S. The number of fused-ring (bicyclic) bond motifs is 1. The maximum atomic E-state index is 11.8. The van der Waals surface area contributed by atoms with Gasteiger partial charge >= 0.3 is 5.17 Å². The van der Waals surface area contributed by atoms with Crippen LogP contribution in [0.2, 0.25) is 0 Å². The maximum Gasteiger partial charge on any atom is 0.354 e. The van der Waals surface area contributed by atoms with E-state index in [0.717, 1.165) is 52.2 Å². The number of ether oxygens (including phenoxy) is 2. The summed E-state index contributed by atoms with van der Waals surface area (Å²) >= 11 is 1.75. The van der Waals surface area contributed by atoms with E-state index < -0.39 is 5.60 Å². The summed E-state index contributed by atoms with van der Waals surface area (Å²) in [5.41, 5.74) is 1.48. The smallest absolute Gasteiger partial charge is 0.354 e. The van der Waals surface area contributed by atoms with Gasteiger partial charge in [0.05, 0.1) is 20.8 Å². The summed E-state index contributed by atoms with van der Waals surface area (Å²) in [6, 6.07) is 15.5. The molecule has 1 fully saturated rings. The molecule has 7 heteroatoms. The lowest BCUT2D eigenvalue weighted by Crippen LogP contribution is -3.00. The lowest BCUT2D eigenvalue weighted by Gasteiger charge is -2.32. The Morgan fingerprint density at radius 3 is 2.21 bits per heavy atom. The minimum atomic E-state index is -1.19. The van der Waals surface area contributed by atoms with Gasteiger partial charge in [-0.2, -0.15) is 0 Å². The van der Waals surface area contributed by atoms with Crippen molar-refractivity contribution in [1.82, 2.24) is 0 Å². The second-order valence-electron chi connectivity index (χ2n) is 6.62. The molecule has 1 atom stereocenters. The number of methoxy groups -OCH3 is 2. The predicted molar refractivity (Wildman–Crippen MR) is 108 cm³/mol. The molecule has 2 aromatic rings. The van der Waals surface area contributed by atoms with Crippen molar-refractivity contribution < 1.29 is 36.1 Å². The Kier molecular flexibility index (Phi) is 6.47. The number of hydrogen-bond donors (Lipinski definition) is 1. The molecule has 0 aromatic heterocycles. The van der Waals surface area contributed by atoms with Gasteiger partial charge in [0.1, 0.15) is 11.5 Å². The zero-order chi connectivity index (χ0) is 18.9. The van der Waals surface area contributed by atoms with Gasteiger partial charge in [-0.3, -0.25) is 0 Å². The van der Waals surface area contributed by atoms with E-state index in [1.54, 1.807) is 26.0 Å². The normalized spacial score (nSPS) is 21.3. The molecule has 0 amide bonds. The molecular weight excluding hydrogens is 440 g/mol. The van der Waals surface area contributed by atoms with E-state index in [9.17, 15) is 5.11 Å². The third kappa shape index (κ3) is 3.71. The van der Waals surface area contributed by atoms with Crippen LogP contribution in [0.3, 0.4) is 0 Å². The molecule has 5 nitrogen and oxygen atoms in total. The van der Waals surface area contributed by atoms with E-state index in [0.29, 0.717) is 6.54 Å². The van der Waals surface area contributed by atoms with E-state index in [1.165, 1.54) is 0 Å². The first-order chi connectivity index (χ1) is 13.2. The van der Waals surface area contributed by atoms with Crippen LogP contribution < -0.4 is 26.5 Å². The van der Waals surface area contributed by atoms with Crippen molar-refractivity contribution in [3.8, 4) is 11.5 Å². The van der Waals surface area contributed by atoms with Gasteiger partial charge < -0.3 is 31.6 Å². The highest BCUT2D eigenvalue weighted by atomic mass is 79.9. The highest BCUT2D eigenvalue weighted by Crippen LogP contribution is 2.34. The molecule has 0 radical (unpaired) electrons. The Labute approximate surface area is 179 Å². The first-order valence-electron chi connectivity index (χ1n) is 8.99. The van der Waals surface area contributed by atoms with Crippen LogP contribution in [0.4, 0.5) is 0 Å². The van der Waals surface area contributed by atoms with Gasteiger partial charge in [0.15, 0.2) is 17.9 Å². The number of hydrogen-bond acceptors (Lipinski definition) is 5. The highest BCUT2D eigenvalue weighted by Gasteiger charge is 2.47. The summed E-state index contributed by atoms with van der Waals surface area (Å²) in [5.74, 6) is 2.62. The summed E-state index contributed by atoms with van der Waals surface area (Å²) in [7, 11) is 3.29. The average molecular weight is 463 g/mol. The molecule has 2 heterocycles. The standard InChI is InChI=1S/C21H23N2O3S.BrH/c1-25-17-8-4-15(5-9-17)19-21(24,16-6-10-18(26-2)11-7-16)14-22-20-23(19)12-3-13-27-20;/h4-11,24H,3,12-14H2,1-2H3;1H/q+1;/p-1. The average Bonchev–Trinajstić information content (AvgIpc) is 2.74. The van der Waals surface area contributed by atoms with Crippen LogP contribution >= 0.6 is 11.8 Å². The number of amidine groups is 1. The molecule has 1 unspecified atom stereocenters. The van der Waals surface area contributed by atoms with Crippen LogP contribution in [0, 0.1) is 0 Å². The van der Waals surface area contributed by atoms with Gasteiger partial charge in [-0.15, -0.1) is 0 Å². The second-order valence-corrected chi connectivity index (χ2v) is 7.68. The fourth-order valence-corrected chi connectivity index (χ4v) is 4.57. The number of rotatable bonds is 4. The SMILES string of the molecule is COc1ccc(C2=[N+]3CCCSC3=NCC2(O)c2ccc(OC)cc2)cc1.[Br-]. The molecule has 148 valence electrons. The van der Waals surface area contributed by atoms with Crippen molar-refractivity contribution in [3.05, 3.63) is 59.7 Å². The molecule has 0 aliphatic carbocycles. The Hall–Kier alpha value is -1.83. The fraction of sp³-hybridized carbons (Fsp3) is 0.333. The fourth-order valence-electron chi connectivity index (χ4n) is 3.62. The number of aliphatic hydroxyl groups is 1. The summed E-state index contributed by atoms with van der Waals surface area (Å²) in [4.78, 5) is 4.71. The number of halogens is 1. The van der Waals surface area contributed by atoms with Gasteiger partial charge in [0.2, 0.25) is 0 Å². The van der Waals surface area contributed by atoms with Crippen molar-refractivity contribution in [3.63, 3.8) is 0 Å². The monoisotopic (exact) mass is 462 g/mol. The van der Waals surface area contributed by atoms with Crippen LogP contribution in [0.15, 0.2) is 53.5 Å². The topological polar surface area (TPSA) is 54.1 Å². The molecule has 0 bridgehead atoms. The van der Waals surface area contributed by atoms with Crippen LogP contribution in [0.1, 0.15) is 17.5 Å². The van der Waals surface area contributed by atoms with Crippen LogP contribution in [-0.4, -0.2) is 53.6 Å². The highest BCUT2D eigenvalue weighted by molar-refractivity contribution is 8.13. The van der Waals surface area contributed by atoms with E-state index >= 15 is 0 Å². The van der Waals surface area contributed by atoms with Crippen molar-refractivity contribution in [2.24, 2.45) is 4.99 Å². The van der Waals surface area contributed by atoms with Gasteiger partial charge in [-0.1, -0.05) is 17.1 Å². The Bertz CT molecular complexity index is 897. The largest absolute Gasteiger partial charge is 1.00 e. The Balaban J connectivity index is 0.00000225. The number of nitrogens with zero attached hydrogens (tertiary/aromatic N) is 2. The molecule has 4 rings (SSSR count). The molecule has 0 spiro atoms. The van der Waals surface area contributed by atoms with E-state index in [4.69, 9.17) is 14.5 Å². The van der Waals surface area contributed by atoms with Crippen molar-refractivity contribution >= 4 is 22.6 Å². The quantitative estimate of drug-likeness (QED) is 0.644. The number of aliphatic imine (C=N–C) groups is 1. The minimum Gasteiger partial charge on any atom is -1.00 e. The van der Waals surface area contributed by atoms with Crippen LogP contribution in [0.5, 0.6) is 11.5 Å². The molecule has 2 aliphatic heterocycles. The van der Waals surface area contributed by atoms with E-state index in [1.807, 2.05) is 48.5 Å². The van der Waals surface area contributed by atoms with Crippen molar-refractivity contribution in [2.45, 2.75) is 12.0 Å². The Morgan fingerprint density at radius 2 is 1.61 bits per heavy atom. The van der Waals surface area contributed by atoms with E-state index in [2.05, 4.69) is 4.58 Å². The summed E-state index contributed by atoms with van der Waals surface area (Å²) in [6.45, 7) is 1.16. The van der Waals surface area contributed by atoms with Gasteiger partial charge in [0.25, 0.3) is 0 Å². The lowest BCUT2D eigenvalue weighted by molar-refractivity contribution is -0.413. The molecule has 0 saturated carbocycles. The molecule has 2 aromatic carbocycles. The van der Waals surface area contributed by atoms with Crippen LogP contribution in [-0.2, 0) is 5.60 Å². The van der Waals surface area contributed by atoms with Gasteiger partial charge in [-0.05, 0) is 60.1 Å². The predicted octanol–water partition coefficient (Wildman–Crippen LogP) is -0.0963. The zero-order valence-electron chi connectivity index (χ0n) is 15.9. The van der Waals surface area contributed by atoms with Crippen LogP contribution in [0.25, 0.3) is 0 Å². The second kappa shape index (κ2) is 8.68. The van der Waals surface area contributed by atoms with Crippen molar-refractivity contribution in [2.75, 3.05) is 33.1 Å². The van der Waals surface area contributed by atoms with Gasteiger partial charge in [0, 0.05) is 11.3 Å². The molecule has 1 saturated heterocycles. The molecule has 1 N–H and O–H groups in total. The lowest BCUT2D eigenvalue weighted by atomic mass is 9.84. The zero-order valence-corrected chi connectivity index (χ0v) is 18.3. The number of thioether (sulfide) groups is 1. The third-order valence-electron chi connectivity index (χ3n) is 5.02. The van der Waals surface area contributed by atoms with Gasteiger partial charge in [-0.25, -0.2) is 4.58 Å². The summed E-state index contributed by atoms with van der Waals surface area (Å²) in [6.07, 6.45) is 1.06. The summed E-state index contributed by atoms with van der Waals surface area (Å²) in [5, 5.41) is 12.8.